The Hall–Kier alpha value is -0.770. The topological polar surface area (TPSA) is 50.4 Å². The molecule has 0 spiro atoms. The first-order valence-electron chi connectivity index (χ1n) is 6.35. The fraction of sp³-hybridized carbons (Fsp3) is 0.917. The molecule has 90 valence electrons. The van der Waals surface area contributed by atoms with Gasteiger partial charge in [-0.2, -0.15) is 0 Å². The van der Waals surface area contributed by atoms with Crippen molar-refractivity contribution in [2.24, 2.45) is 23.7 Å². The van der Waals surface area contributed by atoms with E-state index in [0.717, 1.165) is 23.7 Å². The van der Waals surface area contributed by atoms with E-state index in [2.05, 4.69) is 15.6 Å². The summed E-state index contributed by atoms with van der Waals surface area (Å²) < 4.78 is 4.58. The molecule has 0 aromatic rings. The van der Waals surface area contributed by atoms with Crippen LogP contribution in [-0.4, -0.2) is 19.2 Å². The number of hydrogen-bond donors (Lipinski definition) is 2. The Kier molecular flexibility index (Phi) is 2.54. The van der Waals surface area contributed by atoms with Gasteiger partial charge in [0.25, 0.3) is 0 Å². The van der Waals surface area contributed by atoms with Gasteiger partial charge in [0.15, 0.2) is 0 Å². The number of nitrogens with one attached hydrogen (secondary N) is 2. The second kappa shape index (κ2) is 3.91. The van der Waals surface area contributed by atoms with Gasteiger partial charge in [-0.15, -0.1) is 0 Å². The summed E-state index contributed by atoms with van der Waals surface area (Å²) in [6.45, 7) is 0. The van der Waals surface area contributed by atoms with E-state index in [0.29, 0.717) is 6.04 Å². The zero-order valence-electron chi connectivity index (χ0n) is 9.74. The highest BCUT2D eigenvalue weighted by Crippen LogP contribution is 2.53. The number of amides is 1. The van der Waals surface area contributed by atoms with Gasteiger partial charge in [-0.05, 0) is 55.8 Å². The van der Waals surface area contributed by atoms with Crippen LogP contribution in [0.2, 0.25) is 0 Å². The number of methoxy groups -OCH3 is 1. The van der Waals surface area contributed by atoms with Crippen molar-refractivity contribution in [3.63, 3.8) is 0 Å². The molecule has 16 heavy (non-hydrogen) atoms. The number of hydrogen-bond acceptors (Lipinski definition) is 3. The summed E-state index contributed by atoms with van der Waals surface area (Å²) in [6, 6.07) is 0.479. The van der Waals surface area contributed by atoms with E-state index < -0.39 is 0 Å². The molecule has 4 fully saturated rings. The van der Waals surface area contributed by atoms with E-state index in [-0.39, 0.29) is 6.09 Å². The van der Waals surface area contributed by atoms with Gasteiger partial charge in [-0.1, -0.05) is 0 Å². The summed E-state index contributed by atoms with van der Waals surface area (Å²) in [5.74, 6) is 3.49. The van der Waals surface area contributed by atoms with E-state index in [9.17, 15) is 4.79 Å². The molecule has 0 atom stereocenters. The van der Waals surface area contributed by atoms with E-state index in [4.69, 9.17) is 0 Å². The van der Waals surface area contributed by atoms with Crippen LogP contribution in [0.1, 0.15) is 32.1 Å². The summed E-state index contributed by atoms with van der Waals surface area (Å²) in [6.07, 6.45) is 6.50. The maximum atomic E-state index is 11.1. The molecular weight excluding hydrogens is 204 g/mol. The SMILES string of the molecule is COC(=O)NNC1C2CC3CC(C2)CC1C3. The molecule has 4 heteroatoms. The Morgan fingerprint density at radius 2 is 1.62 bits per heavy atom. The highest BCUT2D eigenvalue weighted by atomic mass is 16.5. The number of hydrazine groups is 1. The number of rotatable bonds is 2. The number of carbonyl (C=O) groups is 1. The van der Waals surface area contributed by atoms with Crippen LogP contribution in [0.4, 0.5) is 4.79 Å². The Morgan fingerprint density at radius 1 is 1.06 bits per heavy atom. The van der Waals surface area contributed by atoms with Crippen molar-refractivity contribution in [2.45, 2.75) is 38.1 Å². The zero-order valence-corrected chi connectivity index (χ0v) is 9.74. The van der Waals surface area contributed by atoms with Crippen molar-refractivity contribution in [1.29, 1.82) is 0 Å². The molecule has 2 N–H and O–H groups in total. The summed E-state index contributed by atoms with van der Waals surface area (Å²) in [5, 5.41) is 0. The predicted molar refractivity (Wildman–Crippen MR) is 59.5 cm³/mol. The summed E-state index contributed by atoms with van der Waals surface area (Å²) in [7, 11) is 1.40. The van der Waals surface area contributed by atoms with Gasteiger partial charge in [0.05, 0.1) is 7.11 Å². The Morgan fingerprint density at radius 3 is 2.12 bits per heavy atom. The molecule has 0 saturated heterocycles. The molecule has 0 aliphatic heterocycles. The van der Waals surface area contributed by atoms with Gasteiger partial charge in [0, 0.05) is 6.04 Å². The first-order valence-corrected chi connectivity index (χ1v) is 6.35. The lowest BCUT2D eigenvalue weighted by Crippen LogP contribution is -2.58. The summed E-state index contributed by atoms with van der Waals surface area (Å²) in [5.41, 5.74) is 5.84. The van der Waals surface area contributed by atoms with E-state index >= 15 is 0 Å². The average Bonchev–Trinajstić information content (AvgIpc) is 2.26. The largest absolute Gasteiger partial charge is 0.452 e. The molecule has 4 rings (SSSR count). The Labute approximate surface area is 96.1 Å². The van der Waals surface area contributed by atoms with Crippen LogP contribution < -0.4 is 10.9 Å². The zero-order chi connectivity index (χ0) is 11.1. The minimum atomic E-state index is -0.381. The first-order chi connectivity index (χ1) is 7.76. The van der Waals surface area contributed by atoms with Crippen LogP contribution in [0, 0.1) is 23.7 Å². The molecule has 4 bridgehead atoms. The Balaban J connectivity index is 1.61. The lowest BCUT2D eigenvalue weighted by Gasteiger charge is -2.54. The van der Waals surface area contributed by atoms with Crippen LogP contribution >= 0.6 is 0 Å². The number of ether oxygens (including phenoxy) is 1. The van der Waals surface area contributed by atoms with Gasteiger partial charge in [-0.3, -0.25) is 5.43 Å². The quantitative estimate of drug-likeness (QED) is 0.701. The van der Waals surface area contributed by atoms with Crippen LogP contribution in [0.5, 0.6) is 0 Å². The normalized spacial score (nSPS) is 44.4. The molecule has 4 aliphatic carbocycles. The minimum Gasteiger partial charge on any atom is -0.452 e. The van der Waals surface area contributed by atoms with Crippen LogP contribution in [0.3, 0.4) is 0 Å². The molecule has 0 aromatic carbocycles. The highest BCUT2D eigenvalue weighted by molar-refractivity contribution is 5.66. The average molecular weight is 224 g/mol. The standard InChI is InChI=1S/C12H20N2O2/c1-16-12(15)14-13-11-9-3-7-2-8(5-9)6-10(11)4-7/h7-11,13H,2-6H2,1H3,(H,14,15). The fourth-order valence-electron chi connectivity index (χ4n) is 4.35. The van der Waals surface area contributed by atoms with Gasteiger partial charge >= 0.3 is 6.09 Å². The van der Waals surface area contributed by atoms with E-state index in [1.165, 1.54) is 39.2 Å². The predicted octanol–water partition coefficient (Wildman–Crippen LogP) is 1.67. The maximum absolute atomic E-state index is 11.1. The Bertz CT molecular complexity index is 265. The van der Waals surface area contributed by atoms with Crippen LogP contribution in [0.25, 0.3) is 0 Å². The summed E-state index contributed by atoms with van der Waals surface area (Å²) in [4.78, 5) is 11.1. The molecule has 4 aliphatic rings. The fourth-order valence-corrected chi connectivity index (χ4v) is 4.35. The lowest BCUT2D eigenvalue weighted by atomic mass is 9.54. The van der Waals surface area contributed by atoms with Crippen molar-refractivity contribution >= 4 is 6.09 Å². The first kappa shape index (κ1) is 10.4. The summed E-state index contributed by atoms with van der Waals surface area (Å²) >= 11 is 0. The van der Waals surface area contributed by atoms with Gasteiger partial charge in [0.2, 0.25) is 0 Å². The monoisotopic (exact) mass is 224 g/mol. The second-order valence-electron chi connectivity index (χ2n) is 5.72. The molecule has 0 unspecified atom stereocenters. The molecule has 0 radical (unpaired) electrons. The van der Waals surface area contributed by atoms with Crippen molar-refractivity contribution in [3.05, 3.63) is 0 Å². The molecule has 0 heterocycles. The third kappa shape index (κ3) is 1.69. The third-order valence-electron chi connectivity index (χ3n) is 4.75. The van der Waals surface area contributed by atoms with E-state index in [1.807, 2.05) is 0 Å². The van der Waals surface area contributed by atoms with Gasteiger partial charge in [0.1, 0.15) is 0 Å². The molecule has 0 aromatic heterocycles. The van der Waals surface area contributed by atoms with Crippen molar-refractivity contribution in [3.8, 4) is 0 Å². The van der Waals surface area contributed by atoms with Crippen LogP contribution in [-0.2, 0) is 4.74 Å². The minimum absolute atomic E-state index is 0.381. The van der Waals surface area contributed by atoms with Crippen molar-refractivity contribution < 1.29 is 9.53 Å². The van der Waals surface area contributed by atoms with Crippen LogP contribution in [0.15, 0.2) is 0 Å². The highest BCUT2D eigenvalue weighted by Gasteiger charge is 2.48. The third-order valence-corrected chi connectivity index (χ3v) is 4.75. The van der Waals surface area contributed by atoms with Crippen molar-refractivity contribution in [1.82, 2.24) is 10.9 Å². The van der Waals surface area contributed by atoms with Gasteiger partial charge in [-0.25, -0.2) is 10.2 Å². The maximum Gasteiger partial charge on any atom is 0.421 e. The second-order valence-corrected chi connectivity index (χ2v) is 5.72. The molecule has 1 amide bonds. The molecule has 4 saturated carbocycles. The van der Waals surface area contributed by atoms with Gasteiger partial charge < -0.3 is 4.74 Å². The molecular formula is C12H20N2O2. The molecule has 4 nitrogen and oxygen atoms in total. The smallest absolute Gasteiger partial charge is 0.421 e. The number of carbonyl (C=O) groups excluding carboxylic acids is 1. The lowest BCUT2D eigenvalue weighted by molar-refractivity contribution is -0.0182. The van der Waals surface area contributed by atoms with Crippen molar-refractivity contribution in [2.75, 3.05) is 7.11 Å². The van der Waals surface area contributed by atoms with E-state index in [1.54, 1.807) is 0 Å².